The van der Waals surface area contributed by atoms with E-state index in [2.05, 4.69) is 0 Å². The summed E-state index contributed by atoms with van der Waals surface area (Å²) >= 11 is 0. The van der Waals surface area contributed by atoms with Crippen molar-refractivity contribution in [2.75, 3.05) is 13.2 Å². The molecule has 0 atom stereocenters. The summed E-state index contributed by atoms with van der Waals surface area (Å²) in [5, 5.41) is 10.6. The molecule has 8 heteroatoms. The number of amides is 1. The summed E-state index contributed by atoms with van der Waals surface area (Å²) in [6.07, 6.45) is -4.51. The van der Waals surface area contributed by atoms with Gasteiger partial charge in [0.05, 0.1) is 0 Å². The molecule has 2 N–H and O–H groups in total. The van der Waals surface area contributed by atoms with Crippen molar-refractivity contribution in [1.82, 2.24) is 5.32 Å². The number of benzene rings is 1. The van der Waals surface area contributed by atoms with E-state index in [0.717, 1.165) is 0 Å². The smallest absolute Gasteiger partial charge is 0.405 e. The number of ether oxygens (including phenoxy) is 1. The predicted octanol–water partition coefficient (Wildman–Crippen LogP) is 1.75. The minimum Gasteiger partial charge on any atom is -0.483 e. The first kappa shape index (κ1) is 15.8. The predicted molar refractivity (Wildman–Crippen MR) is 62.7 cm³/mol. The van der Waals surface area contributed by atoms with Crippen molar-refractivity contribution >= 4 is 11.9 Å². The maximum atomic E-state index is 11.9. The van der Waals surface area contributed by atoms with Gasteiger partial charge in [-0.25, -0.2) is 4.79 Å². The van der Waals surface area contributed by atoms with Gasteiger partial charge in [-0.3, -0.25) is 4.79 Å². The lowest BCUT2D eigenvalue weighted by molar-refractivity contribution is -0.139. The normalized spacial score (nSPS) is 11.0. The number of alkyl halides is 3. The van der Waals surface area contributed by atoms with E-state index in [1.165, 1.54) is 12.1 Å². The van der Waals surface area contributed by atoms with Gasteiger partial charge in [0.25, 0.3) is 5.91 Å². The third-order valence-corrected chi connectivity index (χ3v) is 2.28. The minimum absolute atomic E-state index is 0.0397. The highest BCUT2D eigenvalue weighted by molar-refractivity contribution is 5.91. The van der Waals surface area contributed by atoms with Crippen LogP contribution in [0.3, 0.4) is 0 Å². The lowest BCUT2D eigenvalue weighted by Gasteiger charge is -2.12. The lowest BCUT2D eigenvalue weighted by atomic mass is 10.1. The standard InChI is InChI=1S/C12H12F3NO4/c1-7-3-2-4-8(11(18)19)10(7)20-5-9(17)16-6-12(13,14)15/h2-4H,5-6H2,1H3,(H,16,17)(H,18,19). The van der Waals surface area contributed by atoms with Crippen LogP contribution in [0.5, 0.6) is 5.75 Å². The monoisotopic (exact) mass is 291 g/mol. The zero-order valence-corrected chi connectivity index (χ0v) is 10.5. The minimum atomic E-state index is -4.51. The number of carbonyl (C=O) groups is 2. The highest BCUT2D eigenvalue weighted by Gasteiger charge is 2.27. The van der Waals surface area contributed by atoms with Crippen molar-refractivity contribution in [3.05, 3.63) is 29.3 Å². The average Bonchev–Trinajstić information content (AvgIpc) is 2.33. The van der Waals surface area contributed by atoms with Crippen molar-refractivity contribution in [2.45, 2.75) is 13.1 Å². The Morgan fingerprint density at radius 1 is 1.35 bits per heavy atom. The van der Waals surface area contributed by atoms with Crippen LogP contribution >= 0.6 is 0 Å². The fourth-order valence-electron chi connectivity index (χ4n) is 1.40. The molecule has 0 aliphatic carbocycles. The van der Waals surface area contributed by atoms with Gasteiger partial charge in [-0.2, -0.15) is 13.2 Å². The molecular weight excluding hydrogens is 279 g/mol. The molecule has 0 aliphatic rings. The number of carbonyl (C=O) groups excluding carboxylic acids is 1. The fraction of sp³-hybridized carbons (Fsp3) is 0.333. The Hall–Kier alpha value is -2.25. The molecule has 0 bridgehead atoms. The summed E-state index contributed by atoms with van der Waals surface area (Å²) in [5.74, 6) is -2.27. The number of hydrogen-bond acceptors (Lipinski definition) is 3. The number of aromatic carboxylic acids is 1. The molecule has 0 spiro atoms. The maximum absolute atomic E-state index is 11.9. The van der Waals surface area contributed by atoms with Gasteiger partial charge < -0.3 is 15.2 Å². The molecule has 0 radical (unpaired) electrons. The molecule has 5 nitrogen and oxygen atoms in total. The van der Waals surface area contributed by atoms with Crippen molar-refractivity contribution < 1.29 is 32.6 Å². The first-order valence-electron chi connectivity index (χ1n) is 5.50. The van der Waals surface area contributed by atoms with Crippen molar-refractivity contribution in [2.24, 2.45) is 0 Å². The van der Waals surface area contributed by atoms with Gasteiger partial charge in [0, 0.05) is 0 Å². The Morgan fingerprint density at radius 3 is 2.55 bits per heavy atom. The van der Waals surface area contributed by atoms with E-state index < -0.39 is 31.2 Å². The molecule has 0 saturated carbocycles. The summed E-state index contributed by atoms with van der Waals surface area (Å²) < 4.78 is 40.6. The summed E-state index contributed by atoms with van der Waals surface area (Å²) in [5.41, 5.74) is 0.308. The Labute approximate surface area is 112 Å². The number of rotatable bonds is 5. The number of carboxylic acids is 1. The largest absolute Gasteiger partial charge is 0.483 e. The highest BCUT2D eigenvalue weighted by atomic mass is 19.4. The van der Waals surface area contributed by atoms with E-state index in [1.54, 1.807) is 18.3 Å². The maximum Gasteiger partial charge on any atom is 0.405 e. The Morgan fingerprint density at radius 2 is 2.00 bits per heavy atom. The molecule has 0 saturated heterocycles. The number of halogens is 3. The van der Waals surface area contributed by atoms with Gasteiger partial charge >= 0.3 is 12.1 Å². The van der Waals surface area contributed by atoms with Crippen LogP contribution in [0.2, 0.25) is 0 Å². The number of nitrogens with one attached hydrogen (secondary N) is 1. The number of carboxylic acid groups (broad SMARTS) is 1. The molecule has 0 aromatic heterocycles. The Bertz CT molecular complexity index is 514. The van der Waals surface area contributed by atoms with Gasteiger partial charge in [-0.1, -0.05) is 12.1 Å². The number of para-hydroxylation sites is 1. The van der Waals surface area contributed by atoms with Crippen molar-refractivity contribution in [3.63, 3.8) is 0 Å². The van der Waals surface area contributed by atoms with E-state index in [4.69, 9.17) is 9.84 Å². The van der Waals surface area contributed by atoms with Crippen LogP contribution in [0.15, 0.2) is 18.2 Å². The fourth-order valence-corrected chi connectivity index (χ4v) is 1.40. The quantitative estimate of drug-likeness (QED) is 0.866. The number of aryl methyl sites for hydroxylation is 1. The van der Waals surface area contributed by atoms with E-state index in [9.17, 15) is 22.8 Å². The molecule has 0 aliphatic heterocycles. The third kappa shape index (κ3) is 4.79. The molecule has 20 heavy (non-hydrogen) atoms. The topological polar surface area (TPSA) is 75.6 Å². The second-order valence-electron chi connectivity index (χ2n) is 3.94. The van der Waals surface area contributed by atoms with E-state index in [0.29, 0.717) is 5.56 Å². The first-order valence-corrected chi connectivity index (χ1v) is 5.50. The van der Waals surface area contributed by atoms with Crippen LogP contribution < -0.4 is 10.1 Å². The van der Waals surface area contributed by atoms with Crippen molar-refractivity contribution in [3.8, 4) is 5.75 Å². The number of hydrogen-bond donors (Lipinski definition) is 2. The van der Waals surface area contributed by atoms with Crippen LogP contribution in [0.4, 0.5) is 13.2 Å². The summed E-state index contributed by atoms with van der Waals surface area (Å²) in [7, 11) is 0. The summed E-state index contributed by atoms with van der Waals surface area (Å²) in [6, 6.07) is 4.34. The second-order valence-corrected chi connectivity index (χ2v) is 3.94. The first-order chi connectivity index (χ1) is 9.20. The molecule has 1 aromatic carbocycles. The molecule has 110 valence electrons. The third-order valence-electron chi connectivity index (χ3n) is 2.28. The van der Waals surface area contributed by atoms with Gasteiger partial charge in [-0.15, -0.1) is 0 Å². The van der Waals surface area contributed by atoms with Crippen molar-refractivity contribution in [1.29, 1.82) is 0 Å². The second kappa shape index (κ2) is 6.27. The molecule has 0 fully saturated rings. The van der Waals surface area contributed by atoms with Crippen LogP contribution in [-0.4, -0.2) is 36.3 Å². The highest BCUT2D eigenvalue weighted by Crippen LogP contribution is 2.23. The van der Waals surface area contributed by atoms with Gasteiger partial charge in [0.2, 0.25) is 0 Å². The molecule has 1 rings (SSSR count). The zero-order valence-electron chi connectivity index (χ0n) is 10.5. The average molecular weight is 291 g/mol. The van der Waals surface area contributed by atoms with E-state index in [-0.39, 0.29) is 11.3 Å². The molecule has 0 unspecified atom stereocenters. The summed E-state index contributed by atoms with van der Waals surface area (Å²) in [6.45, 7) is -0.592. The molecule has 1 aromatic rings. The zero-order chi connectivity index (χ0) is 15.3. The molecule has 0 heterocycles. The van der Waals surface area contributed by atoms with Crippen LogP contribution in [-0.2, 0) is 4.79 Å². The van der Waals surface area contributed by atoms with E-state index >= 15 is 0 Å². The van der Waals surface area contributed by atoms with Crippen LogP contribution in [0.25, 0.3) is 0 Å². The van der Waals surface area contributed by atoms with Gasteiger partial charge in [0.1, 0.15) is 17.9 Å². The molecular formula is C12H12F3NO4. The molecule has 1 amide bonds. The van der Waals surface area contributed by atoms with E-state index in [1.807, 2.05) is 0 Å². The lowest BCUT2D eigenvalue weighted by Crippen LogP contribution is -2.36. The van der Waals surface area contributed by atoms with Gasteiger partial charge in [0.15, 0.2) is 6.61 Å². The summed E-state index contributed by atoms with van der Waals surface area (Å²) in [4.78, 5) is 22.1. The van der Waals surface area contributed by atoms with Crippen LogP contribution in [0.1, 0.15) is 15.9 Å². The van der Waals surface area contributed by atoms with Gasteiger partial charge in [-0.05, 0) is 18.6 Å². The van der Waals surface area contributed by atoms with Crippen LogP contribution in [0, 0.1) is 6.92 Å². The SMILES string of the molecule is Cc1cccc(C(=O)O)c1OCC(=O)NCC(F)(F)F. The Kier molecular flexibility index (Phi) is 4.95. The Balaban J connectivity index is 2.66.